The third-order valence-electron chi connectivity index (χ3n) is 2.28. The molecule has 0 fully saturated rings. The van der Waals surface area contributed by atoms with E-state index in [2.05, 4.69) is 31.9 Å². The Morgan fingerprint density at radius 3 is 2.00 bits per heavy atom. The van der Waals surface area contributed by atoms with Crippen molar-refractivity contribution in [1.82, 2.24) is 0 Å². The van der Waals surface area contributed by atoms with Crippen LogP contribution in [0.15, 0.2) is 51.4 Å². The quantitative estimate of drug-likeness (QED) is 0.528. The van der Waals surface area contributed by atoms with Crippen molar-refractivity contribution in [2.45, 2.75) is 0 Å². The molecular formula is C13H7Br2ClO. The highest BCUT2D eigenvalue weighted by Gasteiger charge is 2.12. The smallest absolute Gasteiger partial charge is 0.193 e. The summed E-state index contributed by atoms with van der Waals surface area (Å²) < 4.78 is 1.40. The van der Waals surface area contributed by atoms with Crippen LogP contribution in [-0.2, 0) is 0 Å². The van der Waals surface area contributed by atoms with Crippen molar-refractivity contribution in [2.75, 3.05) is 0 Å². The molecule has 0 bridgehead atoms. The number of rotatable bonds is 2. The van der Waals surface area contributed by atoms with Gasteiger partial charge in [0.15, 0.2) is 5.78 Å². The first-order chi connectivity index (χ1) is 8.09. The summed E-state index contributed by atoms with van der Waals surface area (Å²) in [6.45, 7) is 0. The van der Waals surface area contributed by atoms with Gasteiger partial charge < -0.3 is 0 Å². The van der Waals surface area contributed by atoms with Gasteiger partial charge in [0.05, 0.1) is 5.02 Å². The van der Waals surface area contributed by atoms with Gasteiger partial charge in [0, 0.05) is 20.1 Å². The second-order valence-corrected chi connectivity index (χ2v) is 5.54. The lowest BCUT2D eigenvalue weighted by Gasteiger charge is -2.05. The summed E-state index contributed by atoms with van der Waals surface area (Å²) in [6.07, 6.45) is 0. The second-order valence-electron chi connectivity index (χ2n) is 3.45. The molecule has 4 heteroatoms. The maximum atomic E-state index is 12.2. The lowest BCUT2D eigenvalue weighted by Crippen LogP contribution is -2.01. The molecule has 1 nitrogen and oxygen atoms in total. The van der Waals surface area contributed by atoms with E-state index in [0.717, 1.165) is 0 Å². The zero-order valence-corrected chi connectivity index (χ0v) is 12.5. The van der Waals surface area contributed by atoms with Gasteiger partial charge in [-0.25, -0.2) is 0 Å². The van der Waals surface area contributed by atoms with E-state index in [1.807, 2.05) is 18.2 Å². The van der Waals surface area contributed by atoms with E-state index in [9.17, 15) is 4.79 Å². The molecule has 0 saturated heterocycles. The Morgan fingerprint density at radius 2 is 1.47 bits per heavy atom. The van der Waals surface area contributed by atoms with Gasteiger partial charge in [-0.1, -0.05) is 41.9 Å². The van der Waals surface area contributed by atoms with Crippen molar-refractivity contribution in [3.05, 3.63) is 67.6 Å². The molecule has 2 rings (SSSR count). The zero-order valence-electron chi connectivity index (χ0n) is 8.58. The number of carbonyl (C=O) groups is 1. The SMILES string of the molecule is O=C(c1ccccc1)c1cc(Br)c(Cl)c(Br)c1. The van der Waals surface area contributed by atoms with Gasteiger partial charge in [-0.15, -0.1) is 0 Å². The van der Waals surface area contributed by atoms with Crippen molar-refractivity contribution >= 4 is 49.2 Å². The number of halogens is 3. The molecule has 2 aromatic carbocycles. The third kappa shape index (κ3) is 2.79. The highest BCUT2D eigenvalue weighted by molar-refractivity contribution is 9.11. The molecule has 17 heavy (non-hydrogen) atoms. The molecule has 0 radical (unpaired) electrons. The van der Waals surface area contributed by atoms with E-state index in [0.29, 0.717) is 25.1 Å². The summed E-state index contributed by atoms with van der Waals surface area (Å²) in [7, 11) is 0. The summed E-state index contributed by atoms with van der Waals surface area (Å²) in [5, 5.41) is 0.564. The molecule has 0 aliphatic rings. The topological polar surface area (TPSA) is 17.1 Å². The average Bonchev–Trinajstić information content (AvgIpc) is 2.35. The summed E-state index contributed by atoms with van der Waals surface area (Å²) in [5.74, 6) is -0.0244. The highest BCUT2D eigenvalue weighted by Crippen LogP contribution is 2.32. The van der Waals surface area contributed by atoms with Gasteiger partial charge in [0.1, 0.15) is 0 Å². The first-order valence-electron chi connectivity index (χ1n) is 4.84. The number of hydrogen-bond acceptors (Lipinski definition) is 1. The Labute approximate surface area is 121 Å². The first-order valence-corrected chi connectivity index (χ1v) is 6.80. The minimum Gasteiger partial charge on any atom is -0.289 e. The predicted molar refractivity (Wildman–Crippen MR) is 76.7 cm³/mol. The minimum absolute atomic E-state index is 0.0244. The lowest BCUT2D eigenvalue weighted by atomic mass is 10.0. The van der Waals surface area contributed by atoms with Crippen LogP contribution in [-0.4, -0.2) is 5.78 Å². The van der Waals surface area contributed by atoms with Crippen molar-refractivity contribution in [3.8, 4) is 0 Å². The fraction of sp³-hybridized carbons (Fsp3) is 0. The molecule has 0 saturated carbocycles. The largest absolute Gasteiger partial charge is 0.289 e. The number of carbonyl (C=O) groups excluding carboxylic acids is 1. The predicted octanol–water partition coefficient (Wildman–Crippen LogP) is 5.10. The molecule has 0 unspecified atom stereocenters. The molecule has 0 spiro atoms. The van der Waals surface area contributed by atoms with Gasteiger partial charge in [-0.3, -0.25) is 4.79 Å². The van der Waals surface area contributed by atoms with Crippen LogP contribution in [0.3, 0.4) is 0 Å². The van der Waals surface area contributed by atoms with Crippen LogP contribution in [0.2, 0.25) is 5.02 Å². The van der Waals surface area contributed by atoms with E-state index >= 15 is 0 Å². The Kier molecular flexibility index (Phi) is 4.02. The van der Waals surface area contributed by atoms with Crippen molar-refractivity contribution in [1.29, 1.82) is 0 Å². The second kappa shape index (κ2) is 5.34. The number of benzene rings is 2. The fourth-order valence-electron chi connectivity index (χ4n) is 1.44. The molecule has 86 valence electrons. The van der Waals surface area contributed by atoms with Crippen LogP contribution in [0, 0.1) is 0 Å². The van der Waals surface area contributed by atoms with E-state index < -0.39 is 0 Å². The molecule has 0 aliphatic heterocycles. The van der Waals surface area contributed by atoms with E-state index in [1.165, 1.54) is 0 Å². The Hall–Kier alpha value is -0.640. The highest BCUT2D eigenvalue weighted by atomic mass is 79.9. The van der Waals surface area contributed by atoms with E-state index in [4.69, 9.17) is 11.6 Å². The zero-order chi connectivity index (χ0) is 12.4. The summed E-state index contributed by atoms with van der Waals surface area (Å²) in [5.41, 5.74) is 1.26. The van der Waals surface area contributed by atoms with Crippen LogP contribution < -0.4 is 0 Å². The molecule has 0 atom stereocenters. The standard InChI is InChI=1S/C13H7Br2ClO/c14-10-6-9(7-11(15)12(10)16)13(17)8-4-2-1-3-5-8/h1-7H. The van der Waals surface area contributed by atoms with E-state index in [-0.39, 0.29) is 5.78 Å². The average molecular weight is 374 g/mol. The van der Waals surface area contributed by atoms with Gasteiger partial charge in [0.2, 0.25) is 0 Å². The fourth-order valence-corrected chi connectivity index (χ4v) is 2.74. The number of ketones is 1. The van der Waals surface area contributed by atoms with Crippen LogP contribution in [0.1, 0.15) is 15.9 Å². The summed E-state index contributed by atoms with van der Waals surface area (Å²) >= 11 is 12.6. The molecule has 0 N–H and O–H groups in total. The van der Waals surface area contributed by atoms with Crippen molar-refractivity contribution in [2.24, 2.45) is 0 Å². The Balaban J connectivity index is 2.45. The minimum atomic E-state index is -0.0244. The number of hydrogen-bond donors (Lipinski definition) is 0. The van der Waals surface area contributed by atoms with Crippen LogP contribution in [0.5, 0.6) is 0 Å². The molecular weight excluding hydrogens is 367 g/mol. The molecule has 0 aromatic heterocycles. The lowest BCUT2D eigenvalue weighted by molar-refractivity contribution is 0.103. The van der Waals surface area contributed by atoms with Crippen LogP contribution in [0.25, 0.3) is 0 Å². The maximum absolute atomic E-state index is 12.2. The first kappa shape index (κ1) is 12.8. The Bertz CT molecular complexity index is 544. The third-order valence-corrected chi connectivity index (χ3v) is 4.40. The molecule has 0 aliphatic carbocycles. The summed E-state index contributed by atoms with van der Waals surface area (Å²) in [4.78, 5) is 12.2. The van der Waals surface area contributed by atoms with Gasteiger partial charge in [-0.05, 0) is 44.0 Å². The maximum Gasteiger partial charge on any atom is 0.193 e. The monoisotopic (exact) mass is 372 g/mol. The van der Waals surface area contributed by atoms with E-state index in [1.54, 1.807) is 24.3 Å². The van der Waals surface area contributed by atoms with Gasteiger partial charge >= 0.3 is 0 Å². The van der Waals surface area contributed by atoms with Crippen molar-refractivity contribution in [3.63, 3.8) is 0 Å². The van der Waals surface area contributed by atoms with Gasteiger partial charge in [-0.2, -0.15) is 0 Å². The molecule has 2 aromatic rings. The molecule has 0 heterocycles. The van der Waals surface area contributed by atoms with Gasteiger partial charge in [0.25, 0.3) is 0 Å². The van der Waals surface area contributed by atoms with Crippen LogP contribution >= 0.6 is 43.5 Å². The van der Waals surface area contributed by atoms with Crippen LogP contribution in [0.4, 0.5) is 0 Å². The Morgan fingerprint density at radius 1 is 0.941 bits per heavy atom. The normalized spacial score (nSPS) is 10.3. The van der Waals surface area contributed by atoms with Crippen molar-refractivity contribution < 1.29 is 4.79 Å². The molecule has 0 amide bonds. The summed E-state index contributed by atoms with van der Waals surface area (Å²) in [6, 6.07) is 12.6.